The lowest BCUT2D eigenvalue weighted by Crippen LogP contribution is -2.57. The number of aliphatic hydroxyl groups is 1. The van der Waals surface area contributed by atoms with Gasteiger partial charge in [-0.3, -0.25) is 15.0 Å². The van der Waals surface area contributed by atoms with E-state index in [2.05, 4.69) is 5.32 Å². The quantitative estimate of drug-likeness (QED) is 0.701. The first-order valence-corrected chi connectivity index (χ1v) is 5.28. The minimum absolute atomic E-state index is 0.0920. The average molecular weight is 244 g/mol. The Morgan fingerprint density at radius 3 is 2.94 bits per heavy atom. The minimum Gasteiger partial charge on any atom is -0.393 e. The summed E-state index contributed by atoms with van der Waals surface area (Å²) in [5.41, 5.74) is 0. The molecule has 2 rings (SSSR count). The molecule has 2 aliphatic heterocycles. The van der Waals surface area contributed by atoms with Crippen molar-refractivity contribution in [2.24, 2.45) is 5.92 Å². The smallest absolute Gasteiger partial charge is 0.326 e. The van der Waals surface area contributed by atoms with Crippen LogP contribution in [0.25, 0.3) is 0 Å². The molecule has 0 aromatic heterocycles. The van der Waals surface area contributed by atoms with Gasteiger partial charge in [-0.15, -0.1) is 0 Å². The summed E-state index contributed by atoms with van der Waals surface area (Å²) in [7, 11) is 0. The molecule has 2 aliphatic rings. The Labute approximate surface area is 97.0 Å². The minimum atomic E-state index is -1.15. The fourth-order valence-corrected chi connectivity index (χ4v) is 1.81. The van der Waals surface area contributed by atoms with Crippen molar-refractivity contribution in [1.82, 2.24) is 10.2 Å². The molecule has 0 aliphatic carbocycles. The van der Waals surface area contributed by atoms with Gasteiger partial charge in [0.2, 0.25) is 5.91 Å². The third-order valence-corrected chi connectivity index (χ3v) is 2.76. The maximum Gasteiger partial charge on any atom is 0.326 e. The van der Waals surface area contributed by atoms with E-state index in [1.165, 1.54) is 0 Å². The van der Waals surface area contributed by atoms with Gasteiger partial charge in [0, 0.05) is 6.54 Å². The Kier molecular flexibility index (Phi) is 3.12. The van der Waals surface area contributed by atoms with Crippen LogP contribution in [0.3, 0.4) is 0 Å². The van der Waals surface area contributed by atoms with E-state index in [0.29, 0.717) is 0 Å². The maximum absolute atomic E-state index is 13.5. The summed E-state index contributed by atoms with van der Waals surface area (Å²) in [5, 5.41) is 11.0. The van der Waals surface area contributed by atoms with Crippen LogP contribution >= 0.6 is 0 Å². The molecule has 3 atom stereocenters. The highest BCUT2D eigenvalue weighted by Crippen LogP contribution is 2.26. The van der Waals surface area contributed by atoms with Crippen LogP contribution in [0.15, 0.2) is 11.9 Å². The van der Waals surface area contributed by atoms with Crippen molar-refractivity contribution in [2.75, 3.05) is 13.2 Å². The lowest BCUT2D eigenvalue weighted by atomic mass is 10.1. The third kappa shape index (κ3) is 2.16. The number of rotatable bonds is 2. The topological polar surface area (TPSA) is 78.9 Å². The second kappa shape index (κ2) is 4.42. The number of urea groups is 1. The Morgan fingerprint density at radius 2 is 2.35 bits per heavy atom. The van der Waals surface area contributed by atoms with E-state index in [-0.39, 0.29) is 19.1 Å². The van der Waals surface area contributed by atoms with Gasteiger partial charge in [-0.25, -0.2) is 9.18 Å². The summed E-state index contributed by atoms with van der Waals surface area (Å²) in [5.74, 6) is -1.43. The van der Waals surface area contributed by atoms with Gasteiger partial charge in [0.05, 0.1) is 12.5 Å². The molecule has 1 fully saturated rings. The molecule has 0 aromatic rings. The lowest BCUT2D eigenvalue weighted by Gasteiger charge is -2.34. The summed E-state index contributed by atoms with van der Waals surface area (Å²) in [6, 6.07) is -0.680. The van der Waals surface area contributed by atoms with E-state index >= 15 is 0 Å². The van der Waals surface area contributed by atoms with E-state index < -0.39 is 30.1 Å². The van der Waals surface area contributed by atoms with E-state index in [4.69, 9.17) is 9.84 Å². The lowest BCUT2D eigenvalue weighted by molar-refractivity contribution is -0.128. The van der Waals surface area contributed by atoms with Gasteiger partial charge < -0.3 is 9.84 Å². The van der Waals surface area contributed by atoms with Crippen molar-refractivity contribution >= 4 is 11.9 Å². The van der Waals surface area contributed by atoms with Crippen LogP contribution in [-0.2, 0) is 9.53 Å². The van der Waals surface area contributed by atoms with Crippen molar-refractivity contribution in [2.45, 2.75) is 19.3 Å². The summed E-state index contributed by atoms with van der Waals surface area (Å²) in [6.45, 7) is 1.37. The molecule has 0 spiro atoms. The predicted octanol–water partition coefficient (Wildman–Crippen LogP) is -0.255. The average Bonchev–Trinajstić information content (AvgIpc) is 2.65. The van der Waals surface area contributed by atoms with Crippen molar-refractivity contribution in [3.8, 4) is 0 Å². The number of nitrogens with one attached hydrogen (secondary N) is 1. The molecule has 94 valence electrons. The zero-order valence-corrected chi connectivity index (χ0v) is 9.22. The fourth-order valence-electron chi connectivity index (χ4n) is 1.81. The largest absolute Gasteiger partial charge is 0.393 e. The van der Waals surface area contributed by atoms with Crippen LogP contribution in [0.4, 0.5) is 9.18 Å². The van der Waals surface area contributed by atoms with E-state index in [9.17, 15) is 14.0 Å². The van der Waals surface area contributed by atoms with Crippen molar-refractivity contribution in [3.05, 3.63) is 11.9 Å². The summed E-state index contributed by atoms with van der Waals surface area (Å²) < 4.78 is 18.7. The maximum atomic E-state index is 13.5. The highest BCUT2D eigenvalue weighted by Gasteiger charge is 2.39. The van der Waals surface area contributed by atoms with Crippen LogP contribution in [0.2, 0.25) is 0 Å². The van der Waals surface area contributed by atoms with Crippen LogP contribution in [0.5, 0.6) is 0 Å². The van der Waals surface area contributed by atoms with Crippen LogP contribution in [0.1, 0.15) is 6.92 Å². The standard InChI is InChI=1S/C10H13FN2O4/c1-5-3-13(10(16)12-8(5)15)9-7(11)2-6(4-14)17-9/h2,5-6,9,14H,3-4H2,1H3,(H,12,15,16)/t5?,6-,9+/m0/s1. The normalized spacial score (nSPS) is 33.7. The van der Waals surface area contributed by atoms with E-state index in [0.717, 1.165) is 11.0 Å². The molecule has 1 unspecified atom stereocenters. The summed E-state index contributed by atoms with van der Waals surface area (Å²) >= 11 is 0. The Morgan fingerprint density at radius 1 is 1.65 bits per heavy atom. The molecule has 0 saturated carbocycles. The number of ether oxygens (including phenoxy) is 1. The van der Waals surface area contributed by atoms with Crippen LogP contribution in [0, 0.1) is 5.92 Å². The van der Waals surface area contributed by atoms with E-state index in [1.807, 2.05) is 0 Å². The van der Waals surface area contributed by atoms with Gasteiger partial charge in [0.15, 0.2) is 6.23 Å². The number of aliphatic hydroxyl groups excluding tert-OH is 1. The first kappa shape index (κ1) is 12.0. The predicted molar refractivity (Wildman–Crippen MR) is 54.3 cm³/mol. The van der Waals surface area contributed by atoms with Crippen molar-refractivity contribution in [3.63, 3.8) is 0 Å². The van der Waals surface area contributed by atoms with Gasteiger partial charge in [0.1, 0.15) is 11.9 Å². The fraction of sp³-hybridized carbons (Fsp3) is 0.600. The molecule has 0 aromatic carbocycles. The first-order valence-electron chi connectivity index (χ1n) is 5.28. The molecule has 3 amide bonds. The molecule has 6 nitrogen and oxygen atoms in total. The number of hydrogen-bond donors (Lipinski definition) is 2. The zero-order chi connectivity index (χ0) is 12.6. The molecule has 2 heterocycles. The zero-order valence-electron chi connectivity index (χ0n) is 9.22. The Bertz CT molecular complexity index is 385. The highest BCUT2D eigenvalue weighted by atomic mass is 19.1. The van der Waals surface area contributed by atoms with Crippen LogP contribution in [-0.4, -0.2) is 47.4 Å². The monoisotopic (exact) mass is 244 g/mol. The summed E-state index contributed by atoms with van der Waals surface area (Å²) in [6.07, 6.45) is -0.776. The second-order valence-corrected chi connectivity index (χ2v) is 4.11. The van der Waals surface area contributed by atoms with Gasteiger partial charge in [-0.2, -0.15) is 0 Å². The number of hydrogen-bond acceptors (Lipinski definition) is 4. The van der Waals surface area contributed by atoms with Crippen molar-refractivity contribution < 1.29 is 23.8 Å². The summed E-state index contributed by atoms with van der Waals surface area (Å²) in [4.78, 5) is 23.9. The molecular weight excluding hydrogens is 231 g/mol. The molecule has 1 saturated heterocycles. The SMILES string of the molecule is CC1CN([C@@H]2O[C@H](CO)C=C2F)C(=O)NC1=O. The second-order valence-electron chi connectivity index (χ2n) is 4.11. The number of carbonyl (C=O) groups excluding carboxylic acids is 2. The van der Waals surface area contributed by atoms with Gasteiger partial charge in [0.25, 0.3) is 0 Å². The molecule has 2 N–H and O–H groups in total. The number of carbonyl (C=O) groups is 2. The third-order valence-electron chi connectivity index (χ3n) is 2.76. The molecule has 0 bridgehead atoms. The number of amides is 3. The number of halogens is 1. The Hall–Kier alpha value is -1.47. The van der Waals surface area contributed by atoms with Gasteiger partial charge >= 0.3 is 6.03 Å². The molecule has 7 heteroatoms. The number of nitrogens with zero attached hydrogens (tertiary/aromatic N) is 1. The van der Waals surface area contributed by atoms with Gasteiger partial charge in [-0.05, 0) is 6.08 Å². The van der Waals surface area contributed by atoms with E-state index in [1.54, 1.807) is 6.92 Å². The molecule has 0 radical (unpaired) electrons. The molecular formula is C10H13FN2O4. The van der Waals surface area contributed by atoms with Gasteiger partial charge in [-0.1, -0.05) is 6.92 Å². The first-order chi connectivity index (χ1) is 8.02. The van der Waals surface area contributed by atoms with Crippen molar-refractivity contribution in [1.29, 1.82) is 0 Å². The van der Waals surface area contributed by atoms with Crippen LogP contribution < -0.4 is 5.32 Å². The number of imide groups is 1. The molecule has 17 heavy (non-hydrogen) atoms. The Balaban J connectivity index is 2.11. The highest BCUT2D eigenvalue weighted by molar-refractivity contribution is 5.98.